The average Bonchev–Trinajstić information content (AvgIpc) is 2.44. The molecular formula is C16H14BrClO2. The second-order valence-electron chi connectivity index (χ2n) is 4.60. The Hall–Kier alpha value is -1.32. The van der Waals surface area contributed by atoms with Crippen LogP contribution in [0.5, 0.6) is 5.75 Å². The summed E-state index contributed by atoms with van der Waals surface area (Å²) in [6.45, 7) is 3.94. The maximum absolute atomic E-state index is 12.5. The second kappa shape index (κ2) is 5.98. The Morgan fingerprint density at radius 1 is 1.10 bits per heavy atom. The summed E-state index contributed by atoms with van der Waals surface area (Å²) in [5, 5.41) is 0.493. The fourth-order valence-corrected chi connectivity index (χ4v) is 2.47. The lowest BCUT2D eigenvalue weighted by Crippen LogP contribution is -2.03. The van der Waals surface area contributed by atoms with Gasteiger partial charge in [0.1, 0.15) is 5.75 Å². The van der Waals surface area contributed by atoms with E-state index >= 15 is 0 Å². The third kappa shape index (κ3) is 2.89. The van der Waals surface area contributed by atoms with Gasteiger partial charge in [0.2, 0.25) is 0 Å². The van der Waals surface area contributed by atoms with Crippen LogP contribution in [0.3, 0.4) is 0 Å². The molecule has 0 fully saturated rings. The number of ether oxygens (including phenoxy) is 1. The predicted octanol–water partition coefficient (Wildman–Crippen LogP) is 4.96. The van der Waals surface area contributed by atoms with E-state index in [-0.39, 0.29) is 5.78 Å². The number of hydrogen-bond donors (Lipinski definition) is 0. The van der Waals surface area contributed by atoms with Crippen LogP contribution in [-0.2, 0) is 0 Å². The molecule has 0 atom stereocenters. The predicted molar refractivity (Wildman–Crippen MR) is 85.1 cm³/mol. The molecule has 0 aliphatic rings. The van der Waals surface area contributed by atoms with E-state index in [1.807, 2.05) is 26.0 Å². The average molecular weight is 354 g/mol. The molecule has 2 aromatic rings. The molecule has 4 heteroatoms. The van der Waals surface area contributed by atoms with E-state index in [4.69, 9.17) is 16.3 Å². The number of halogens is 2. The number of ketones is 1. The Balaban J connectivity index is 2.46. The maximum atomic E-state index is 12.5. The number of carbonyl (C=O) groups excluding carboxylic acids is 1. The van der Waals surface area contributed by atoms with Gasteiger partial charge in [-0.25, -0.2) is 0 Å². The van der Waals surface area contributed by atoms with Crippen molar-refractivity contribution in [1.82, 2.24) is 0 Å². The van der Waals surface area contributed by atoms with Crippen LogP contribution >= 0.6 is 27.5 Å². The molecule has 0 heterocycles. The molecule has 0 aromatic heterocycles. The van der Waals surface area contributed by atoms with Crippen molar-refractivity contribution in [1.29, 1.82) is 0 Å². The van der Waals surface area contributed by atoms with Gasteiger partial charge in [0, 0.05) is 15.6 Å². The van der Waals surface area contributed by atoms with Crippen molar-refractivity contribution in [3.05, 3.63) is 62.1 Å². The second-order valence-corrected chi connectivity index (χ2v) is 5.80. The van der Waals surface area contributed by atoms with E-state index in [9.17, 15) is 4.79 Å². The Morgan fingerprint density at radius 2 is 1.70 bits per heavy atom. The van der Waals surface area contributed by atoms with Crippen molar-refractivity contribution in [2.24, 2.45) is 0 Å². The molecule has 2 rings (SSSR count). The van der Waals surface area contributed by atoms with Crippen molar-refractivity contribution >= 4 is 33.3 Å². The lowest BCUT2D eigenvalue weighted by molar-refractivity contribution is 0.103. The van der Waals surface area contributed by atoms with Gasteiger partial charge in [-0.2, -0.15) is 0 Å². The quantitative estimate of drug-likeness (QED) is 0.729. The van der Waals surface area contributed by atoms with Crippen molar-refractivity contribution in [2.45, 2.75) is 13.8 Å². The molecule has 0 unspecified atom stereocenters. The molecule has 0 aliphatic heterocycles. The molecule has 0 radical (unpaired) electrons. The van der Waals surface area contributed by atoms with E-state index in [1.165, 1.54) is 7.11 Å². The van der Waals surface area contributed by atoms with Crippen LogP contribution in [0, 0.1) is 13.8 Å². The van der Waals surface area contributed by atoms with Crippen molar-refractivity contribution in [2.75, 3.05) is 7.11 Å². The number of rotatable bonds is 3. The SMILES string of the molecule is COc1cc(C(=O)c2cc(C)c(Br)c(C)c2)ccc1Cl. The van der Waals surface area contributed by atoms with Gasteiger partial charge in [-0.1, -0.05) is 27.5 Å². The van der Waals surface area contributed by atoms with Crippen LogP contribution in [0.15, 0.2) is 34.8 Å². The van der Waals surface area contributed by atoms with Gasteiger partial charge in [-0.15, -0.1) is 0 Å². The zero-order valence-electron chi connectivity index (χ0n) is 11.5. The largest absolute Gasteiger partial charge is 0.495 e. The molecule has 0 bridgehead atoms. The smallest absolute Gasteiger partial charge is 0.193 e. The lowest BCUT2D eigenvalue weighted by Gasteiger charge is -2.09. The summed E-state index contributed by atoms with van der Waals surface area (Å²) < 4.78 is 6.18. The molecule has 0 saturated heterocycles. The van der Waals surface area contributed by atoms with Crippen LogP contribution < -0.4 is 4.74 Å². The Labute approximate surface area is 131 Å². The van der Waals surface area contributed by atoms with Crippen LogP contribution in [0.4, 0.5) is 0 Å². The van der Waals surface area contributed by atoms with E-state index in [0.717, 1.165) is 15.6 Å². The highest BCUT2D eigenvalue weighted by molar-refractivity contribution is 9.10. The lowest BCUT2D eigenvalue weighted by atomic mass is 9.99. The molecule has 0 saturated carbocycles. The first-order valence-electron chi connectivity index (χ1n) is 6.09. The Morgan fingerprint density at radius 3 is 2.25 bits per heavy atom. The summed E-state index contributed by atoms with van der Waals surface area (Å²) in [5.41, 5.74) is 3.29. The van der Waals surface area contributed by atoms with Crippen molar-refractivity contribution in [3.8, 4) is 5.75 Å². The minimum Gasteiger partial charge on any atom is -0.495 e. The normalized spacial score (nSPS) is 10.4. The summed E-state index contributed by atoms with van der Waals surface area (Å²) in [5.74, 6) is 0.460. The summed E-state index contributed by atoms with van der Waals surface area (Å²) in [4.78, 5) is 12.5. The number of methoxy groups -OCH3 is 1. The Kier molecular flexibility index (Phi) is 4.51. The molecule has 20 heavy (non-hydrogen) atoms. The first kappa shape index (κ1) is 15.1. The molecule has 104 valence electrons. The van der Waals surface area contributed by atoms with Gasteiger partial charge in [0.05, 0.1) is 12.1 Å². The first-order valence-corrected chi connectivity index (χ1v) is 7.26. The molecular weight excluding hydrogens is 340 g/mol. The van der Waals surface area contributed by atoms with Gasteiger partial charge < -0.3 is 4.74 Å². The molecule has 2 aromatic carbocycles. The number of aryl methyl sites for hydroxylation is 2. The summed E-state index contributed by atoms with van der Waals surface area (Å²) >= 11 is 9.48. The number of benzene rings is 2. The molecule has 0 N–H and O–H groups in total. The molecule has 0 aliphatic carbocycles. The standard InChI is InChI=1S/C16H14BrClO2/c1-9-6-12(7-10(2)15(9)17)16(19)11-4-5-13(18)14(8-11)20-3/h4-8H,1-3H3. The minimum atomic E-state index is -0.0429. The van der Waals surface area contributed by atoms with E-state index in [2.05, 4.69) is 15.9 Å². The van der Waals surface area contributed by atoms with Crippen LogP contribution in [-0.4, -0.2) is 12.9 Å². The highest BCUT2D eigenvalue weighted by atomic mass is 79.9. The van der Waals surface area contributed by atoms with Gasteiger partial charge in [-0.05, 0) is 55.3 Å². The summed E-state index contributed by atoms with van der Waals surface area (Å²) in [6, 6.07) is 8.80. The zero-order valence-corrected chi connectivity index (χ0v) is 13.8. The van der Waals surface area contributed by atoms with Gasteiger partial charge in [0.25, 0.3) is 0 Å². The Bertz CT molecular complexity index is 657. The molecule has 2 nitrogen and oxygen atoms in total. The number of carbonyl (C=O) groups is 1. The zero-order chi connectivity index (χ0) is 14.9. The third-order valence-electron chi connectivity index (χ3n) is 3.11. The highest BCUT2D eigenvalue weighted by Crippen LogP contribution is 2.28. The summed E-state index contributed by atoms with van der Waals surface area (Å²) in [7, 11) is 1.53. The van der Waals surface area contributed by atoms with Gasteiger partial charge in [-0.3, -0.25) is 4.79 Å². The minimum absolute atomic E-state index is 0.0429. The van der Waals surface area contributed by atoms with Crippen LogP contribution in [0.25, 0.3) is 0 Å². The van der Waals surface area contributed by atoms with Gasteiger partial charge in [0.15, 0.2) is 5.78 Å². The first-order chi connectivity index (χ1) is 9.43. The fraction of sp³-hybridized carbons (Fsp3) is 0.188. The number of hydrogen-bond acceptors (Lipinski definition) is 2. The fourth-order valence-electron chi connectivity index (χ4n) is 2.04. The van der Waals surface area contributed by atoms with Crippen molar-refractivity contribution in [3.63, 3.8) is 0 Å². The topological polar surface area (TPSA) is 26.3 Å². The van der Waals surface area contributed by atoms with Crippen LogP contribution in [0.2, 0.25) is 5.02 Å². The molecule has 0 amide bonds. The summed E-state index contributed by atoms with van der Waals surface area (Å²) in [6.07, 6.45) is 0. The maximum Gasteiger partial charge on any atom is 0.193 e. The van der Waals surface area contributed by atoms with Crippen LogP contribution in [0.1, 0.15) is 27.0 Å². The van der Waals surface area contributed by atoms with Gasteiger partial charge >= 0.3 is 0 Å². The van der Waals surface area contributed by atoms with Crippen molar-refractivity contribution < 1.29 is 9.53 Å². The molecule has 0 spiro atoms. The monoisotopic (exact) mass is 352 g/mol. The highest BCUT2D eigenvalue weighted by Gasteiger charge is 2.14. The van der Waals surface area contributed by atoms with E-state index < -0.39 is 0 Å². The van der Waals surface area contributed by atoms with E-state index in [1.54, 1.807) is 18.2 Å². The third-order valence-corrected chi connectivity index (χ3v) is 4.68. The van der Waals surface area contributed by atoms with E-state index in [0.29, 0.717) is 21.9 Å².